The van der Waals surface area contributed by atoms with Gasteiger partial charge in [-0.1, -0.05) is 17.4 Å². The molecule has 1 aliphatic rings. The van der Waals surface area contributed by atoms with Crippen LogP contribution in [0.2, 0.25) is 0 Å². The summed E-state index contributed by atoms with van der Waals surface area (Å²) in [6.07, 6.45) is 0. The highest BCUT2D eigenvalue weighted by Gasteiger charge is 2.25. The number of hydrogen-bond acceptors (Lipinski definition) is 7. The summed E-state index contributed by atoms with van der Waals surface area (Å²) in [6, 6.07) is 12.1. The Morgan fingerprint density at radius 3 is 2.35 bits per heavy atom. The van der Waals surface area contributed by atoms with E-state index in [0.29, 0.717) is 31.7 Å². The average molecular weight is 460 g/mol. The quantitative estimate of drug-likeness (QED) is 0.581. The van der Waals surface area contributed by atoms with Gasteiger partial charge in [-0.3, -0.25) is 4.79 Å². The number of anilines is 1. The number of aromatic nitrogens is 1. The van der Waals surface area contributed by atoms with Crippen molar-refractivity contribution in [1.29, 1.82) is 0 Å². The molecule has 9 heteroatoms. The van der Waals surface area contributed by atoms with Gasteiger partial charge < -0.3 is 14.5 Å². The van der Waals surface area contributed by atoms with E-state index in [4.69, 9.17) is 9.72 Å². The number of fused-ring (bicyclic) bond motifs is 1. The monoisotopic (exact) mass is 459 g/mol. The molecule has 0 atom stereocenters. The largest absolute Gasteiger partial charge is 0.494 e. The van der Waals surface area contributed by atoms with Gasteiger partial charge in [-0.2, -0.15) is 0 Å². The molecule has 0 radical (unpaired) electrons. The van der Waals surface area contributed by atoms with Crippen LogP contribution in [0.5, 0.6) is 5.75 Å². The summed E-state index contributed by atoms with van der Waals surface area (Å²) in [6.45, 7) is 5.84. The molecule has 1 fully saturated rings. The maximum Gasteiger partial charge on any atom is 0.253 e. The molecule has 31 heavy (non-hydrogen) atoms. The molecule has 0 bridgehead atoms. The zero-order chi connectivity index (χ0) is 22.2. The molecule has 3 aromatic rings. The Morgan fingerprint density at radius 2 is 1.74 bits per heavy atom. The highest BCUT2D eigenvalue weighted by molar-refractivity contribution is 7.92. The van der Waals surface area contributed by atoms with E-state index >= 15 is 0 Å². The number of carbonyl (C=O) groups excluding carboxylic acids is 1. The molecule has 0 unspecified atom stereocenters. The van der Waals surface area contributed by atoms with Crippen LogP contribution in [0.4, 0.5) is 5.13 Å². The second kappa shape index (κ2) is 8.47. The van der Waals surface area contributed by atoms with Gasteiger partial charge in [-0.05, 0) is 50.2 Å². The maximum atomic E-state index is 12.9. The van der Waals surface area contributed by atoms with Gasteiger partial charge in [0.05, 0.1) is 22.0 Å². The normalized spacial score (nSPS) is 15.0. The first-order chi connectivity index (χ1) is 14.8. The lowest BCUT2D eigenvalue weighted by Crippen LogP contribution is -2.48. The molecule has 0 saturated carbocycles. The fraction of sp³-hybridized carbons (Fsp3) is 0.364. The summed E-state index contributed by atoms with van der Waals surface area (Å²) in [4.78, 5) is 21.9. The first-order valence-corrected chi connectivity index (χ1v) is 12.5. The average Bonchev–Trinajstić information content (AvgIpc) is 3.23. The van der Waals surface area contributed by atoms with E-state index in [1.165, 1.54) is 12.1 Å². The molecule has 0 N–H and O–H groups in total. The Bertz CT molecular complexity index is 1200. The van der Waals surface area contributed by atoms with E-state index in [1.807, 2.05) is 18.2 Å². The van der Waals surface area contributed by atoms with Gasteiger partial charge in [0, 0.05) is 31.7 Å². The second-order valence-corrected chi connectivity index (χ2v) is 11.2. The maximum absolute atomic E-state index is 12.9. The number of amides is 1. The number of rotatable bonds is 5. The van der Waals surface area contributed by atoms with Gasteiger partial charge in [0.1, 0.15) is 11.3 Å². The standard InChI is InChI=1S/C22H25N3O4S2/c1-15(2)31(27,28)17-9-7-16(8-10-17)21(26)24-11-13-25(14-12-24)22-23-20-18(29-3)5-4-6-19(20)30-22/h4-10,15H,11-14H2,1-3H3. The SMILES string of the molecule is COc1cccc2sc(N3CCN(C(=O)c4ccc(S(=O)(=O)C(C)C)cc4)CC3)nc12. The lowest BCUT2D eigenvalue weighted by atomic mass is 10.2. The minimum atomic E-state index is -3.34. The molecular formula is C22H25N3O4S2. The third-order valence-electron chi connectivity index (χ3n) is 5.48. The summed E-state index contributed by atoms with van der Waals surface area (Å²) in [7, 11) is -1.70. The lowest BCUT2D eigenvalue weighted by molar-refractivity contribution is 0.0746. The molecule has 2 heterocycles. The van der Waals surface area contributed by atoms with E-state index in [9.17, 15) is 13.2 Å². The van der Waals surface area contributed by atoms with Crippen molar-refractivity contribution in [3.8, 4) is 5.75 Å². The minimum absolute atomic E-state index is 0.0842. The van der Waals surface area contributed by atoms with Gasteiger partial charge in [-0.15, -0.1) is 0 Å². The van der Waals surface area contributed by atoms with Crippen molar-refractivity contribution in [2.24, 2.45) is 0 Å². The minimum Gasteiger partial charge on any atom is -0.494 e. The Kier molecular flexibility index (Phi) is 5.90. The Hall–Kier alpha value is -2.65. The van der Waals surface area contributed by atoms with Crippen LogP contribution in [-0.2, 0) is 9.84 Å². The number of sulfone groups is 1. The fourth-order valence-corrected chi connectivity index (χ4v) is 5.65. The first-order valence-electron chi connectivity index (χ1n) is 10.1. The fourth-order valence-electron chi connectivity index (χ4n) is 3.55. The molecule has 7 nitrogen and oxygen atoms in total. The number of methoxy groups -OCH3 is 1. The molecule has 0 aliphatic carbocycles. The van der Waals surface area contributed by atoms with Gasteiger partial charge >= 0.3 is 0 Å². The number of para-hydroxylation sites is 1. The van der Waals surface area contributed by atoms with Crippen LogP contribution in [0.3, 0.4) is 0 Å². The molecule has 1 aliphatic heterocycles. The first kappa shape index (κ1) is 21.6. The highest BCUT2D eigenvalue weighted by atomic mass is 32.2. The van der Waals surface area contributed by atoms with Crippen molar-refractivity contribution in [1.82, 2.24) is 9.88 Å². The van der Waals surface area contributed by atoms with Crippen LogP contribution >= 0.6 is 11.3 Å². The molecular weight excluding hydrogens is 434 g/mol. The van der Waals surface area contributed by atoms with Crippen LogP contribution in [0.1, 0.15) is 24.2 Å². The smallest absolute Gasteiger partial charge is 0.253 e. The zero-order valence-corrected chi connectivity index (χ0v) is 19.4. The number of hydrogen-bond donors (Lipinski definition) is 0. The molecule has 1 aromatic heterocycles. The molecule has 1 amide bonds. The topological polar surface area (TPSA) is 79.8 Å². The van der Waals surface area contributed by atoms with E-state index < -0.39 is 15.1 Å². The van der Waals surface area contributed by atoms with Gasteiger partial charge in [0.25, 0.3) is 5.91 Å². The number of ether oxygens (including phenoxy) is 1. The van der Waals surface area contributed by atoms with Crippen molar-refractivity contribution < 1.29 is 17.9 Å². The number of nitrogens with zero attached hydrogens (tertiary/aromatic N) is 3. The molecule has 1 saturated heterocycles. The lowest BCUT2D eigenvalue weighted by Gasteiger charge is -2.34. The highest BCUT2D eigenvalue weighted by Crippen LogP contribution is 2.34. The molecule has 4 rings (SSSR count). The van der Waals surface area contributed by atoms with E-state index in [1.54, 1.807) is 49.3 Å². The van der Waals surface area contributed by atoms with Crippen molar-refractivity contribution >= 4 is 42.4 Å². The Morgan fingerprint density at radius 1 is 1.06 bits per heavy atom. The molecule has 164 valence electrons. The predicted octanol–water partition coefficient (Wildman–Crippen LogP) is 3.45. The third kappa shape index (κ3) is 4.12. The molecule has 0 spiro atoms. The van der Waals surface area contributed by atoms with Crippen molar-refractivity contribution in [3.63, 3.8) is 0 Å². The van der Waals surface area contributed by atoms with Crippen LogP contribution in [0.25, 0.3) is 10.2 Å². The van der Waals surface area contributed by atoms with E-state index in [-0.39, 0.29) is 10.8 Å². The van der Waals surface area contributed by atoms with E-state index in [2.05, 4.69) is 4.90 Å². The van der Waals surface area contributed by atoms with Crippen molar-refractivity contribution in [2.45, 2.75) is 24.0 Å². The van der Waals surface area contributed by atoms with Crippen molar-refractivity contribution in [2.75, 3.05) is 38.2 Å². The number of carbonyl (C=O) groups is 1. The molecule has 2 aromatic carbocycles. The number of thiazole rings is 1. The van der Waals surface area contributed by atoms with Crippen molar-refractivity contribution in [3.05, 3.63) is 48.0 Å². The second-order valence-electron chi connectivity index (χ2n) is 7.70. The summed E-state index contributed by atoms with van der Waals surface area (Å²) < 4.78 is 31.0. The number of piperazine rings is 1. The third-order valence-corrected chi connectivity index (χ3v) is 8.73. The summed E-state index contributed by atoms with van der Waals surface area (Å²) in [5.41, 5.74) is 1.36. The summed E-state index contributed by atoms with van der Waals surface area (Å²) >= 11 is 1.62. The Labute approximate surface area is 186 Å². The predicted molar refractivity (Wildman–Crippen MR) is 123 cm³/mol. The Balaban J connectivity index is 1.43. The summed E-state index contributed by atoms with van der Waals surface area (Å²) in [5, 5.41) is 0.430. The zero-order valence-electron chi connectivity index (χ0n) is 17.7. The summed E-state index contributed by atoms with van der Waals surface area (Å²) in [5.74, 6) is 0.677. The van der Waals surface area contributed by atoms with Crippen LogP contribution < -0.4 is 9.64 Å². The van der Waals surface area contributed by atoms with Crippen LogP contribution in [-0.4, -0.2) is 62.7 Å². The van der Waals surface area contributed by atoms with Gasteiger partial charge in [0.15, 0.2) is 15.0 Å². The van der Waals surface area contributed by atoms with Gasteiger partial charge in [-0.25, -0.2) is 13.4 Å². The van der Waals surface area contributed by atoms with E-state index in [0.717, 1.165) is 21.1 Å². The van der Waals surface area contributed by atoms with Crippen LogP contribution in [0, 0.1) is 0 Å². The van der Waals surface area contributed by atoms with Crippen LogP contribution in [0.15, 0.2) is 47.4 Å². The van der Waals surface area contributed by atoms with Gasteiger partial charge in [0.2, 0.25) is 0 Å². The number of benzene rings is 2.